The molecular weight excluding hydrogens is 306 g/mol. The van der Waals surface area contributed by atoms with Gasteiger partial charge in [-0.25, -0.2) is 4.79 Å². The molecule has 4 rings (SSSR count). The number of aromatic nitrogens is 1. The number of rotatable bonds is 2. The second kappa shape index (κ2) is 5.85. The molecule has 2 aromatic heterocycles. The van der Waals surface area contributed by atoms with Gasteiger partial charge in [0.15, 0.2) is 0 Å². The van der Waals surface area contributed by atoms with Gasteiger partial charge in [-0.15, -0.1) is 11.3 Å². The zero-order valence-electron chi connectivity index (χ0n) is 12.4. The monoisotopic (exact) mass is 321 g/mol. The summed E-state index contributed by atoms with van der Waals surface area (Å²) in [6, 6.07) is 14.0. The van der Waals surface area contributed by atoms with Crippen LogP contribution in [-0.2, 0) is 6.42 Å². The van der Waals surface area contributed by atoms with Crippen molar-refractivity contribution < 1.29 is 4.79 Å². The second-order valence-corrected chi connectivity index (χ2v) is 6.34. The van der Waals surface area contributed by atoms with E-state index >= 15 is 0 Å². The minimum Gasteiger partial charge on any atom is -0.299 e. The molecule has 114 valence electrons. The van der Waals surface area contributed by atoms with E-state index in [0.717, 1.165) is 28.2 Å². The van der Waals surface area contributed by atoms with E-state index in [1.807, 2.05) is 40.6 Å². The van der Waals surface area contributed by atoms with E-state index in [1.165, 1.54) is 16.9 Å². The fourth-order valence-electron chi connectivity index (χ4n) is 2.86. The molecule has 3 aromatic rings. The molecule has 1 aliphatic heterocycles. The molecule has 2 amide bonds. The Bertz CT molecular complexity index is 831. The summed E-state index contributed by atoms with van der Waals surface area (Å²) in [5, 5.41) is 5.77. The predicted octanol–water partition coefficient (Wildman–Crippen LogP) is 4.40. The van der Waals surface area contributed by atoms with E-state index in [0.29, 0.717) is 6.54 Å². The van der Waals surface area contributed by atoms with Crippen LogP contribution in [0.2, 0.25) is 0 Å². The van der Waals surface area contributed by atoms with Gasteiger partial charge in [-0.2, -0.15) is 0 Å². The van der Waals surface area contributed by atoms with Crippen molar-refractivity contribution >= 4 is 28.1 Å². The van der Waals surface area contributed by atoms with Gasteiger partial charge < -0.3 is 0 Å². The number of urea groups is 1. The summed E-state index contributed by atoms with van der Waals surface area (Å²) in [5.74, 6) is 0. The molecule has 3 heterocycles. The highest BCUT2D eigenvalue weighted by Gasteiger charge is 2.25. The van der Waals surface area contributed by atoms with Crippen molar-refractivity contribution in [3.63, 3.8) is 0 Å². The molecule has 0 saturated carbocycles. The quantitative estimate of drug-likeness (QED) is 0.760. The van der Waals surface area contributed by atoms with Crippen LogP contribution in [0.5, 0.6) is 0 Å². The highest BCUT2D eigenvalue weighted by molar-refractivity contribution is 7.14. The van der Waals surface area contributed by atoms with Crippen LogP contribution in [0.15, 0.2) is 60.2 Å². The van der Waals surface area contributed by atoms with Crippen LogP contribution >= 0.6 is 11.3 Å². The van der Waals surface area contributed by atoms with Crippen molar-refractivity contribution in [3.05, 3.63) is 65.8 Å². The normalized spacial score (nSPS) is 13.0. The number of anilines is 2. The first-order valence-electron chi connectivity index (χ1n) is 7.46. The number of fused-ring (bicyclic) bond motifs is 1. The van der Waals surface area contributed by atoms with Crippen molar-refractivity contribution in [2.45, 2.75) is 6.42 Å². The number of hydrogen-bond acceptors (Lipinski definition) is 3. The SMILES string of the molecule is O=C(Nc1cccs1)N1CCc2cc(-c3ccncc3)ccc21. The predicted molar refractivity (Wildman–Crippen MR) is 94.1 cm³/mol. The summed E-state index contributed by atoms with van der Waals surface area (Å²) < 4.78 is 0. The number of amides is 2. The number of nitrogens with zero attached hydrogens (tertiary/aromatic N) is 2. The van der Waals surface area contributed by atoms with Crippen molar-refractivity contribution in [2.24, 2.45) is 0 Å². The molecular formula is C18H15N3OS. The van der Waals surface area contributed by atoms with Crippen LogP contribution in [0.1, 0.15) is 5.56 Å². The Kier molecular flexibility index (Phi) is 3.55. The lowest BCUT2D eigenvalue weighted by Crippen LogP contribution is -2.33. The largest absolute Gasteiger partial charge is 0.326 e. The maximum Gasteiger partial charge on any atom is 0.326 e. The van der Waals surface area contributed by atoms with E-state index in [4.69, 9.17) is 0 Å². The molecule has 0 spiro atoms. The van der Waals surface area contributed by atoms with Crippen LogP contribution in [-0.4, -0.2) is 17.6 Å². The van der Waals surface area contributed by atoms with Crippen molar-refractivity contribution in [2.75, 3.05) is 16.8 Å². The Morgan fingerprint density at radius 2 is 2.00 bits per heavy atom. The lowest BCUT2D eigenvalue weighted by atomic mass is 10.0. The first-order chi connectivity index (χ1) is 11.3. The molecule has 0 fully saturated rings. The van der Waals surface area contributed by atoms with Gasteiger partial charge in [0.05, 0.1) is 5.00 Å². The van der Waals surface area contributed by atoms with Crippen LogP contribution < -0.4 is 10.2 Å². The maximum atomic E-state index is 12.4. The zero-order chi connectivity index (χ0) is 15.6. The van der Waals surface area contributed by atoms with Gasteiger partial charge >= 0.3 is 6.03 Å². The average molecular weight is 321 g/mol. The lowest BCUT2D eigenvalue weighted by molar-refractivity contribution is 0.257. The van der Waals surface area contributed by atoms with Gasteiger partial charge in [-0.1, -0.05) is 6.07 Å². The third kappa shape index (κ3) is 2.71. The van der Waals surface area contributed by atoms with E-state index < -0.39 is 0 Å². The third-order valence-corrected chi connectivity index (χ3v) is 4.77. The van der Waals surface area contributed by atoms with E-state index in [9.17, 15) is 4.79 Å². The van der Waals surface area contributed by atoms with Crippen molar-refractivity contribution in [1.29, 1.82) is 0 Å². The molecule has 0 atom stereocenters. The van der Waals surface area contributed by atoms with Crippen LogP contribution in [0, 0.1) is 0 Å². The molecule has 0 unspecified atom stereocenters. The maximum absolute atomic E-state index is 12.4. The summed E-state index contributed by atoms with van der Waals surface area (Å²) in [6.45, 7) is 0.715. The standard InChI is InChI=1S/C18H15N3OS/c22-18(20-17-2-1-11-23-17)21-10-7-15-12-14(3-4-16(15)21)13-5-8-19-9-6-13/h1-6,8-9,11-12H,7,10H2,(H,20,22). The van der Waals surface area contributed by atoms with Crippen LogP contribution in [0.4, 0.5) is 15.5 Å². The molecule has 0 saturated heterocycles. The van der Waals surface area contributed by atoms with Gasteiger partial charge in [0, 0.05) is 24.6 Å². The first kappa shape index (κ1) is 14.0. The van der Waals surface area contributed by atoms with Gasteiger partial charge in [-0.05, 0) is 64.9 Å². The van der Waals surface area contributed by atoms with E-state index in [1.54, 1.807) is 12.4 Å². The minimum absolute atomic E-state index is 0.0668. The Balaban J connectivity index is 1.59. The lowest BCUT2D eigenvalue weighted by Gasteiger charge is -2.17. The molecule has 4 nitrogen and oxygen atoms in total. The summed E-state index contributed by atoms with van der Waals surface area (Å²) in [7, 11) is 0. The number of nitrogens with one attached hydrogen (secondary N) is 1. The first-order valence-corrected chi connectivity index (χ1v) is 8.34. The molecule has 0 aliphatic carbocycles. The molecule has 0 radical (unpaired) electrons. The van der Waals surface area contributed by atoms with E-state index in [-0.39, 0.29) is 6.03 Å². The van der Waals surface area contributed by atoms with Crippen LogP contribution in [0.25, 0.3) is 11.1 Å². The van der Waals surface area contributed by atoms with Gasteiger partial charge in [-0.3, -0.25) is 15.2 Å². The number of pyridine rings is 1. The van der Waals surface area contributed by atoms with Gasteiger partial charge in [0.25, 0.3) is 0 Å². The number of thiophene rings is 1. The third-order valence-electron chi connectivity index (χ3n) is 3.99. The molecule has 23 heavy (non-hydrogen) atoms. The van der Waals surface area contributed by atoms with Gasteiger partial charge in [0.2, 0.25) is 0 Å². The number of hydrogen-bond donors (Lipinski definition) is 1. The molecule has 0 bridgehead atoms. The molecule has 1 N–H and O–H groups in total. The number of carbonyl (C=O) groups excluding carboxylic acids is 1. The average Bonchev–Trinajstić information content (AvgIpc) is 3.24. The zero-order valence-corrected chi connectivity index (χ0v) is 13.2. The van der Waals surface area contributed by atoms with Gasteiger partial charge in [0.1, 0.15) is 0 Å². The molecule has 5 heteroatoms. The Morgan fingerprint density at radius 1 is 1.13 bits per heavy atom. The second-order valence-electron chi connectivity index (χ2n) is 5.39. The summed E-state index contributed by atoms with van der Waals surface area (Å²) in [6.07, 6.45) is 4.47. The minimum atomic E-state index is -0.0668. The van der Waals surface area contributed by atoms with Crippen molar-refractivity contribution in [1.82, 2.24) is 4.98 Å². The fraction of sp³-hybridized carbons (Fsp3) is 0.111. The number of carbonyl (C=O) groups is 1. The van der Waals surface area contributed by atoms with Crippen LogP contribution in [0.3, 0.4) is 0 Å². The Morgan fingerprint density at radius 3 is 2.78 bits per heavy atom. The van der Waals surface area contributed by atoms with E-state index in [2.05, 4.69) is 22.4 Å². The summed E-state index contributed by atoms with van der Waals surface area (Å²) in [4.78, 5) is 18.3. The Labute approximate surface area is 138 Å². The smallest absolute Gasteiger partial charge is 0.299 e. The summed E-state index contributed by atoms with van der Waals surface area (Å²) >= 11 is 1.53. The number of benzene rings is 1. The van der Waals surface area contributed by atoms with Crippen molar-refractivity contribution in [3.8, 4) is 11.1 Å². The molecule has 1 aromatic carbocycles. The Hall–Kier alpha value is -2.66. The fourth-order valence-corrected chi connectivity index (χ4v) is 3.47. The summed E-state index contributed by atoms with van der Waals surface area (Å²) in [5.41, 5.74) is 4.51. The topological polar surface area (TPSA) is 45.2 Å². The molecule has 1 aliphatic rings. The highest BCUT2D eigenvalue weighted by atomic mass is 32.1. The highest BCUT2D eigenvalue weighted by Crippen LogP contribution is 2.32.